The van der Waals surface area contributed by atoms with Crippen LogP contribution in [0.4, 0.5) is 0 Å². The second-order valence-corrected chi connectivity index (χ2v) is 6.32. The zero-order valence-electron chi connectivity index (χ0n) is 13.7. The van der Waals surface area contributed by atoms with Gasteiger partial charge in [-0.15, -0.1) is 0 Å². The summed E-state index contributed by atoms with van der Waals surface area (Å²) in [6.07, 6.45) is 1.17. The monoisotopic (exact) mass is 299 g/mol. The van der Waals surface area contributed by atoms with E-state index in [1.165, 1.54) is 0 Å². The molecule has 7 heteroatoms. The molecule has 0 fully saturated rings. The number of hydrogen-bond donors (Lipinski definition) is 1. The summed E-state index contributed by atoms with van der Waals surface area (Å²) in [5, 5.41) is 12.1. The number of nitrogens with one attached hydrogen (secondary N) is 1. The van der Waals surface area contributed by atoms with Gasteiger partial charge in [0.05, 0.1) is 0 Å². The van der Waals surface area contributed by atoms with E-state index in [-0.39, 0.29) is 17.4 Å². The van der Waals surface area contributed by atoms with Crippen LogP contribution < -0.4 is 5.32 Å². The van der Waals surface area contributed by atoms with Gasteiger partial charge in [0.15, 0.2) is 0 Å². The molecule has 116 valence electrons. The number of amidine groups is 2. The van der Waals surface area contributed by atoms with Crippen LogP contribution in [0.3, 0.4) is 0 Å². The van der Waals surface area contributed by atoms with Gasteiger partial charge >= 0.3 is 0 Å². The first-order chi connectivity index (χ1) is 10.3. The molecule has 0 radical (unpaired) electrons. The highest BCUT2D eigenvalue weighted by molar-refractivity contribution is 6.03. The lowest BCUT2D eigenvalue weighted by atomic mass is 9.94. The molecule has 0 saturated carbocycles. The average Bonchev–Trinajstić information content (AvgIpc) is 2.43. The van der Waals surface area contributed by atoms with Gasteiger partial charge in [-0.25, -0.2) is 24.9 Å². The zero-order valence-corrected chi connectivity index (χ0v) is 13.7. The lowest BCUT2D eigenvalue weighted by Crippen LogP contribution is -2.42. The van der Waals surface area contributed by atoms with E-state index in [4.69, 9.17) is 5.26 Å². The normalized spacial score (nSPS) is 18.1. The van der Waals surface area contributed by atoms with Gasteiger partial charge < -0.3 is 5.32 Å². The molecule has 0 spiro atoms. The third kappa shape index (κ3) is 4.07. The van der Waals surface area contributed by atoms with Crippen LogP contribution in [0.5, 0.6) is 0 Å². The molecular formula is C15H21N7. The standard InChI is InChI=1S/C15H21N7/c1-9-17-11(21-13(8-16)19-9)6-7-12-18-10(2)20-14(22-12)15(3,4)5/h12H,6-7H2,1-5H3,(H,18,20,22). The molecule has 1 aliphatic heterocycles. The van der Waals surface area contributed by atoms with Gasteiger partial charge in [0.2, 0.25) is 5.82 Å². The van der Waals surface area contributed by atoms with E-state index in [1.807, 2.05) is 13.0 Å². The van der Waals surface area contributed by atoms with Crippen molar-refractivity contribution in [3.05, 3.63) is 17.5 Å². The van der Waals surface area contributed by atoms with Crippen molar-refractivity contribution in [3.63, 3.8) is 0 Å². The molecule has 1 aromatic rings. The fourth-order valence-electron chi connectivity index (χ4n) is 2.10. The number of aliphatic imine (C=N–C) groups is 2. The van der Waals surface area contributed by atoms with Crippen molar-refractivity contribution >= 4 is 11.7 Å². The smallest absolute Gasteiger partial charge is 0.235 e. The van der Waals surface area contributed by atoms with E-state index in [0.717, 1.165) is 11.7 Å². The molecule has 7 nitrogen and oxygen atoms in total. The van der Waals surface area contributed by atoms with Gasteiger partial charge in [0.1, 0.15) is 35.6 Å². The molecule has 1 unspecified atom stereocenters. The van der Waals surface area contributed by atoms with Crippen LogP contribution in [-0.4, -0.2) is 32.8 Å². The van der Waals surface area contributed by atoms with Crippen LogP contribution in [0, 0.1) is 23.7 Å². The largest absolute Gasteiger partial charge is 0.332 e. The molecule has 1 aliphatic rings. The Morgan fingerprint density at radius 1 is 1.14 bits per heavy atom. The van der Waals surface area contributed by atoms with Gasteiger partial charge in [-0.2, -0.15) is 5.26 Å². The summed E-state index contributed by atoms with van der Waals surface area (Å²) in [4.78, 5) is 21.5. The van der Waals surface area contributed by atoms with Gasteiger partial charge in [0.25, 0.3) is 0 Å². The van der Waals surface area contributed by atoms with Crippen LogP contribution in [0.2, 0.25) is 0 Å². The van der Waals surface area contributed by atoms with E-state index in [1.54, 1.807) is 6.92 Å². The predicted molar refractivity (Wildman–Crippen MR) is 84.5 cm³/mol. The topological polar surface area (TPSA) is 99.2 Å². The fourth-order valence-corrected chi connectivity index (χ4v) is 2.10. The van der Waals surface area contributed by atoms with Crippen LogP contribution >= 0.6 is 0 Å². The van der Waals surface area contributed by atoms with Gasteiger partial charge in [0, 0.05) is 11.8 Å². The summed E-state index contributed by atoms with van der Waals surface area (Å²) in [5.74, 6) is 3.14. The highest BCUT2D eigenvalue weighted by Gasteiger charge is 2.24. The first-order valence-electron chi connectivity index (χ1n) is 7.29. The van der Waals surface area contributed by atoms with Crippen molar-refractivity contribution in [1.29, 1.82) is 5.26 Å². The molecule has 0 aromatic carbocycles. The summed E-state index contributed by atoms with van der Waals surface area (Å²) < 4.78 is 0. The predicted octanol–water partition coefficient (Wildman–Crippen LogP) is 1.78. The molecule has 0 amide bonds. The third-order valence-corrected chi connectivity index (χ3v) is 3.15. The zero-order chi connectivity index (χ0) is 16.3. The maximum absolute atomic E-state index is 8.91. The molecule has 1 N–H and O–H groups in total. The number of hydrogen-bond acceptors (Lipinski definition) is 7. The molecule has 1 atom stereocenters. The van der Waals surface area contributed by atoms with Gasteiger partial charge in [-0.3, -0.25) is 0 Å². The minimum Gasteiger partial charge on any atom is -0.332 e. The lowest BCUT2D eigenvalue weighted by molar-refractivity contribution is 0.543. The number of aromatic nitrogens is 3. The van der Waals surface area contributed by atoms with Crippen molar-refractivity contribution < 1.29 is 0 Å². The first kappa shape index (κ1) is 16.0. The number of aryl methyl sites for hydroxylation is 2. The van der Waals surface area contributed by atoms with E-state index < -0.39 is 0 Å². The Morgan fingerprint density at radius 3 is 2.50 bits per heavy atom. The van der Waals surface area contributed by atoms with E-state index in [9.17, 15) is 0 Å². The Kier molecular flexibility index (Phi) is 4.50. The van der Waals surface area contributed by atoms with Crippen molar-refractivity contribution in [1.82, 2.24) is 20.3 Å². The van der Waals surface area contributed by atoms with Gasteiger partial charge in [-0.05, 0) is 20.3 Å². The number of nitrogens with zero attached hydrogens (tertiary/aromatic N) is 6. The van der Waals surface area contributed by atoms with Gasteiger partial charge in [-0.1, -0.05) is 20.8 Å². The summed E-state index contributed by atoms with van der Waals surface area (Å²) in [5.41, 5.74) is -0.0484. The Hall–Kier alpha value is -2.36. The molecule has 1 aromatic heterocycles. The Morgan fingerprint density at radius 2 is 1.86 bits per heavy atom. The van der Waals surface area contributed by atoms with Crippen molar-refractivity contribution in [3.8, 4) is 6.07 Å². The van der Waals surface area contributed by atoms with Crippen LogP contribution in [0.25, 0.3) is 0 Å². The third-order valence-electron chi connectivity index (χ3n) is 3.15. The lowest BCUT2D eigenvalue weighted by Gasteiger charge is -2.27. The summed E-state index contributed by atoms with van der Waals surface area (Å²) in [6, 6.07) is 1.95. The Balaban J connectivity index is 2.11. The second-order valence-electron chi connectivity index (χ2n) is 6.32. The molecular weight excluding hydrogens is 278 g/mol. The molecule has 2 heterocycles. The Labute approximate surface area is 130 Å². The van der Waals surface area contributed by atoms with Crippen molar-refractivity contribution in [2.75, 3.05) is 0 Å². The molecule has 2 rings (SSSR count). The summed E-state index contributed by atoms with van der Waals surface area (Å²) >= 11 is 0. The highest BCUT2D eigenvalue weighted by atomic mass is 15.2. The molecule has 0 saturated heterocycles. The van der Waals surface area contributed by atoms with E-state index in [0.29, 0.717) is 24.5 Å². The van der Waals surface area contributed by atoms with E-state index >= 15 is 0 Å². The number of nitriles is 1. The van der Waals surface area contributed by atoms with Crippen LogP contribution in [0.15, 0.2) is 9.98 Å². The Bertz CT molecular complexity index is 661. The van der Waals surface area contributed by atoms with E-state index in [2.05, 4.69) is 51.0 Å². The van der Waals surface area contributed by atoms with Crippen LogP contribution in [-0.2, 0) is 6.42 Å². The molecule has 22 heavy (non-hydrogen) atoms. The quantitative estimate of drug-likeness (QED) is 0.917. The van der Waals surface area contributed by atoms with Crippen LogP contribution in [0.1, 0.15) is 51.6 Å². The number of rotatable bonds is 3. The minimum absolute atomic E-state index is 0.0484. The summed E-state index contributed by atoms with van der Waals surface area (Å²) in [6.45, 7) is 10.0. The maximum atomic E-state index is 8.91. The highest BCUT2D eigenvalue weighted by Crippen LogP contribution is 2.19. The van der Waals surface area contributed by atoms with Crippen molar-refractivity contribution in [2.45, 2.75) is 53.6 Å². The maximum Gasteiger partial charge on any atom is 0.235 e. The second kappa shape index (κ2) is 6.18. The fraction of sp³-hybridized carbons (Fsp3) is 0.600. The molecule has 0 bridgehead atoms. The SMILES string of the molecule is CC1=NC(CCc2nc(C)nc(C#N)n2)N=C(C(C)(C)C)N1. The average molecular weight is 299 g/mol. The molecule has 0 aliphatic carbocycles. The first-order valence-corrected chi connectivity index (χ1v) is 7.29. The van der Waals surface area contributed by atoms with Crippen molar-refractivity contribution in [2.24, 2.45) is 15.4 Å². The minimum atomic E-state index is -0.141. The summed E-state index contributed by atoms with van der Waals surface area (Å²) in [7, 11) is 0.